The Hall–Kier alpha value is -2.83. The van der Waals surface area contributed by atoms with E-state index < -0.39 is 11.9 Å². The Morgan fingerprint density at radius 2 is 1.89 bits per heavy atom. The SMILES string of the molecule is CCC(CC)COc1ccc(C(=O)O)cc1Cn1nc(CCC(=O)O)cc1C. The summed E-state index contributed by atoms with van der Waals surface area (Å²) in [6.07, 6.45) is 2.42. The van der Waals surface area contributed by atoms with Crippen LogP contribution in [0.4, 0.5) is 0 Å². The molecule has 1 aromatic heterocycles. The molecule has 0 aliphatic rings. The molecule has 7 nitrogen and oxygen atoms in total. The second kappa shape index (κ2) is 9.92. The molecular weight excluding hydrogens is 360 g/mol. The maximum absolute atomic E-state index is 11.4. The number of hydrogen-bond acceptors (Lipinski definition) is 4. The van der Waals surface area contributed by atoms with E-state index in [0.717, 1.165) is 24.1 Å². The van der Waals surface area contributed by atoms with Crippen LogP contribution in [0.1, 0.15) is 60.4 Å². The smallest absolute Gasteiger partial charge is 0.335 e. The first-order valence-corrected chi connectivity index (χ1v) is 9.58. The molecule has 1 aromatic carbocycles. The number of ether oxygens (including phenoxy) is 1. The molecule has 0 saturated heterocycles. The lowest BCUT2D eigenvalue weighted by molar-refractivity contribution is -0.136. The Labute approximate surface area is 165 Å². The zero-order valence-electron chi connectivity index (χ0n) is 16.6. The Kier molecular flexibility index (Phi) is 7.61. The van der Waals surface area contributed by atoms with Crippen LogP contribution >= 0.6 is 0 Å². The number of nitrogens with zero attached hydrogens (tertiary/aromatic N) is 2. The van der Waals surface area contributed by atoms with Gasteiger partial charge in [0.15, 0.2) is 0 Å². The first-order valence-electron chi connectivity index (χ1n) is 9.58. The molecule has 0 fully saturated rings. The van der Waals surface area contributed by atoms with Crippen LogP contribution in [0, 0.1) is 12.8 Å². The molecule has 0 spiro atoms. The summed E-state index contributed by atoms with van der Waals surface area (Å²) >= 11 is 0. The van der Waals surface area contributed by atoms with Crippen molar-refractivity contribution in [1.29, 1.82) is 0 Å². The van der Waals surface area contributed by atoms with Gasteiger partial charge in [0, 0.05) is 17.7 Å². The number of aromatic nitrogens is 2. The zero-order valence-corrected chi connectivity index (χ0v) is 16.6. The largest absolute Gasteiger partial charge is 0.493 e. The van der Waals surface area contributed by atoms with Crippen LogP contribution in [-0.2, 0) is 17.8 Å². The van der Waals surface area contributed by atoms with E-state index in [1.54, 1.807) is 22.9 Å². The summed E-state index contributed by atoms with van der Waals surface area (Å²) in [4.78, 5) is 22.1. The van der Waals surface area contributed by atoms with Gasteiger partial charge in [0.25, 0.3) is 0 Å². The minimum Gasteiger partial charge on any atom is -0.493 e. The number of hydrogen-bond donors (Lipinski definition) is 2. The van der Waals surface area contributed by atoms with Gasteiger partial charge >= 0.3 is 11.9 Å². The molecule has 7 heteroatoms. The maximum Gasteiger partial charge on any atom is 0.335 e. The molecule has 152 valence electrons. The fourth-order valence-electron chi connectivity index (χ4n) is 2.97. The van der Waals surface area contributed by atoms with E-state index in [2.05, 4.69) is 18.9 Å². The molecule has 0 saturated carbocycles. The van der Waals surface area contributed by atoms with Crippen LogP contribution in [0.5, 0.6) is 5.75 Å². The lowest BCUT2D eigenvalue weighted by atomic mass is 10.1. The van der Waals surface area contributed by atoms with Crippen molar-refractivity contribution in [2.24, 2.45) is 5.92 Å². The summed E-state index contributed by atoms with van der Waals surface area (Å²) in [5.41, 5.74) is 2.52. The number of carboxylic acid groups (broad SMARTS) is 2. The summed E-state index contributed by atoms with van der Waals surface area (Å²) in [5.74, 6) is -0.759. The van der Waals surface area contributed by atoms with Gasteiger partial charge in [-0.05, 0) is 37.1 Å². The fraction of sp³-hybridized carbons (Fsp3) is 0.476. The highest BCUT2D eigenvalue weighted by atomic mass is 16.5. The average Bonchev–Trinajstić information content (AvgIpc) is 3.01. The number of aromatic carboxylic acids is 1. The lowest BCUT2D eigenvalue weighted by Crippen LogP contribution is -2.13. The monoisotopic (exact) mass is 388 g/mol. The van der Waals surface area contributed by atoms with Crippen molar-refractivity contribution in [3.8, 4) is 5.75 Å². The van der Waals surface area contributed by atoms with E-state index in [1.165, 1.54) is 0 Å². The van der Waals surface area contributed by atoms with Crippen molar-refractivity contribution in [2.45, 2.75) is 53.0 Å². The van der Waals surface area contributed by atoms with Gasteiger partial charge in [-0.3, -0.25) is 9.48 Å². The van der Waals surface area contributed by atoms with E-state index in [1.807, 2.05) is 13.0 Å². The molecule has 0 bridgehead atoms. The highest BCUT2D eigenvalue weighted by Crippen LogP contribution is 2.24. The molecule has 0 aliphatic carbocycles. The first-order chi connectivity index (χ1) is 13.3. The van der Waals surface area contributed by atoms with Gasteiger partial charge < -0.3 is 14.9 Å². The summed E-state index contributed by atoms with van der Waals surface area (Å²) in [6.45, 7) is 7.07. The molecule has 0 aliphatic heterocycles. The number of carboxylic acids is 2. The van der Waals surface area contributed by atoms with Gasteiger partial charge in [-0.15, -0.1) is 0 Å². The molecule has 2 aromatic rings. The minimum atomic E-state index is -0.993. The fourth-order valence-corrected chi connectivity index (χ4v) is 2.97. The van der Waals surface area contributed by atoms with Crippen LogP contribution in [-0.4, -0.2) is 38.5 Å². The Balaban J connectivity index is 2.25. The third-order valence-corrected chi connectivity index (χ3v) is 4.88. The second-order valence-corrected chi connectivity index (χ2v) is 6.95. The van der Waals surface area contributed by atoms with Crippen LogP contribution in [0.25, 0.3) is 0 Å². The average molecular weight is 388 g/mol. The van der Waals surface area contributed by atoms with Crippen molar-refractivity contribution < 1.29 is 24.5 Å². The van der Waals surface area contributed by atoms with Gasteiger partial charge in [-0.2, -0.15) is 5.10 Å². The Morgan fingerprint density at radius 3 is 2.50 bits per heavy atom. The number of aliphatic carboxylic acids is 1. The predicted octanol–water partition coefficient (Wildman–Crippen LogP) is 3.77. The Bertz CT molecular complexity index is 824. The van der Waals surface area contributed by atoms with Gasteiger partial charge in [0.1, 0.15) is 5.75 Å². The van der Waals surface area contributed by atoms with Gasteiger partial charge in [0.2, 0.25) is 0 Å². The lowest BCUT2D eigenvalue weighted by Gasteiger charge is -2.17. The summed E-state index contributed by atoms with van der Waals surface area (Å²) in [7, 11) is 0. The molecule has 0 radical (unpaired) electrons. The number of benzene rings is 1. The molecule has 0 amide bonds. The van der Waals surface area contributed by atoms with Crippen LogP contribution in [0.2, 0.25) is 0 Å². The van der Waals surface area contributed by atoms with Crippen molar-refractivity contribution in [1.82, 2.24) is 9.78 Å². The van der Waals surface area contributed by atoms with Crippen molar-refractivity contribution in [3.05, 3.63) is 46.8 Å². The quantitative estimate of drug-likeness (QED) is 0.607. The number of aryl methyl sites for hydroxylation is 2. The normalized spacial score (nSPS) is 11.0. The van der Waals surface area contributed by atoms with Crippen LogP contribution < -0.4 is 4.74 Å². The summed E-state index contributed by atoms with van der Waals surface area (Å²) in [5, 5.41) is 22.6. The third kappa shape index (κ3) is 5.84. The van der Waals surface area contributed by atoms with E-state index in [-0.39, 0.29) is 12.0 Å². The zero-order chi connectivity index (χ0) is 20.7. The molecule has 1 heterocycles. The van der Waals surface area contributed by atoms with E-state index >= 15 is 0 Å². The summed E-state index contributed by atoms with van der Waals surface area (Å²) < 4.78 is 7.75. The first kappa shape index (κ1) is 21.5. The Morgan fingerprint density at radius 1 is 1.18 bits per heavy atom. The molecule has 2 rings (SSSR count). The maximum atomic E-state index is 11.4. The van der Waals surface area contributed by atoms with E-state index in [0.29, 0.717) is 36.9 Å². The highest BCUT2D eigenvalue weighted by molar-refractivity contribution is 5.88. The molecular formula is C21H28N2O5. The molecule has 2 N–H and O–H groups in total. The van der Waals surface area contributed by atoms with Crippen LogP contribution in [0.15, 0.2) is 24.3 Å². The van der Waals surface area contributed by atoms with Gasteiger partial charge in [0.05, 0.1) is 30.8 Å². The molecule has 28 heavy (non-hydrogen) atoms. The standard InChI is InChI=1S/C21H28N2O5/c1-4-15(5-2)13-28-19-8-6-16(21(26)27)11-17(19)12-23-14(3)10-18(22-23)7-9-20(24)25/h6,8,10-11,15H,4-5,7,9,12-13H2,1-3H3,(H,24,25)(H,26,27). The van der Waals surface area contributed by atoms with Crippen molar-refractivity contribution >= 4 is 11.9 Å². The topological polar surface area (TPSA) is 102 Å². The van der Waals surface area contributed by atoms with Gasteiger partial charge in [-0.1, -0.05) is 26.7 Å². The van der Waals surface area contributed by atoms with Crippen LogP contribution in [0.3, 0.4) is 0 Å². The molecule has 0 atom stereocenters. The third-order valence-electron chi connectivity index (χ3n) is 4.88. The van der Waals surface area contributed by atoms with Gasteiger partial charge in [-0.25, -0.2) is 4.79 Å². The van der Waals surface area contributed by atoms with Crippen molar-refractivity contribution in [2.75, 3.05) is 6.61 Å². The number of carbonyl (C=O) groups is 2. The predicted molar refractivity (Wildman–Crippen MR) is 105 cm³/mol. The molecule has 0 unspecified atom stereocenters. The van der Waals surface area contributed by atoms with Crippen molar-refractivity contribution in [3.63, 3.8) is 0 Å². The van der Waals surface area contributed by atoms with E-state index in [4.69, 9.17) is 9.84 Å². The van der Waals surface area contributed by atoms with E-state index in [9.17, 15) is 14.7 Å². The summed E-state index contributed by atoms with van der Waals surface area (Å²) in [6, 6.07) is 6.71. The number of rotatable bonds is 11. The minimum absolute atomic E-state index is 0.0226. The second-order valence-electron chi connectivity index (χ2n) is 6.95. The highest BCUT2D eigenvalue weighted by Gasteiger charge is 2.14.